The molecule has 0 spiro atoms. The van der Waals surface area contributed by atoms with Gasteiger partial charge in [0.15, 0.2) is 0 Å². The fourth-order valence-corrected chi connectivity index (χ4v) is 3.27. The molecule has 3 heteroatoms. The summed E-state index contributed by atoms with van der Waals surface area (Å²) in [6.45, 7) is 12.1. The first-order valence-corrected chi connectivity index (χ1v) is 8.47. The predicted molar refractivity (Wildman–Crippen MR) is 83.7 cm³/mol. The lowest BCUT2D eigenvalue weighted by Gasteiger charge is -2.24. The minimum atomic E-state index is 0.0535. The quantitative estimate of drug-likeness (QED) is 0.604. The summed E-state index contributed by atoms with van der Waals surface area (Å²) in [6, 6.07) is 0. The molecule has 1 aliphatic carbocycles. The molecule has 3 nitrogen and oxygen atoms in total. The molecule has 1 unspecified atom stereocenters. The van der Waals surface area contributed by atoms with E-state index in [1.807, 2.05) is 0 Å². The van der Waals surface area contributed by atoms with Gasteiger partial charge in [-0.15, -0.1) is 0 Å². The molecule has 0 amide bonds. The number of hydrogen-bond donors (Lipinski definition) is 0. The number of rotatable bonds is 9. The van der Waals surface area contributed by atoms with Crippen LogP contribution in [0.1, 0.15) is 59.8 Å². The molecule has 0 saturated heterocycles. The Kier molecular flexibility index (Phi) is 8.20. The Morgan fingerprint density at radius 3 is 2.30 bits per heavy atom. The average molecular weight is 283 g/mol. The fourth-order valence-electron chi connectivity index (χ4n) is 3.27. The van der Waals surface area contributed by atoms with E-state index >= 15 is 0 Å². The number of nitrogens with zero attached hydrogens (tertiary/aromatic N) is 1. The van der Waals surface area contributed by atoms with Crippen LogP contribution in [0, 0.1) is 17.8 Å². The Bertz CT molecular complexity index is 268. The lowest BCUT2D eigenvalue weighted by molar-refractivity contribution is -0.151. The summed E-state index contributed by atoms with van der Waals surface area (Å²) < 4.78 is 5.57. The second-order valence-corrected chi connectivity index (χ2v) is 6.47. The van der Waals surface area contributed by atoms with Gasteiger partial charge < -0.3 is 9.64 Å². The summed E-state index contributed by atoms with van der Waals surface area (Å²) in [5, 5.41) is 0. The van der Waals surface area contributed by atoms with Gasteiger partial charge in [-0.05, 0) is 44.2 Å². The lowest BCUT2D eigenvalue weighted by Crippen LogP contribution is -2.31. The van der Waals surface area contributed by atoms with Gasteiger partial charge in [0.2, 0.25) is 0 Å². The van der Waals surface area contributed by atoms with Crippen molar-refractivity contribution in [2.75, 3.05) is 26.2 Å². The Morgan fingerprint density at radius 2 is 1.80 bits per heavy atom. The van der Waals surface area contributed by atoms with Crippen LogP contribution < -0.4 is 0 Å². The third kappa shape index (κ3) is 5.82. The lowest BCUT2D eigenvalue weighted by atomic mass is 9.84. The molecule has 0 radical (unpaired) electrons. The van der Waals surface area contributed by atoms with Gasteiger partial charge in [-0.2, -0.15) is 0 Å². The maximum absolute atomic E-state index is 12.4. The zero-order valence-corrected chi connectivity index (χ0v) is 13.9. The highest BCUT2D eigenvalue weighted by Crippen LogP contribution is 2.35. The summed E-state index contributed by atoms with van der Waals surface area (Å²) in [4.78, 5) is 14.7. The van der Waals surface area contributed by atoms with Gasteiger partial charge in [0.1, 0.15) is 6.61 Å². The van der Waals surface area contributed by atoms with E-state index < -0.39 is 0 Å². The Morgan fingerprint density at radius 1 is 1.20 bits per heavy atom. The van der Waals surface area contributed by atoms with E-state index in [0.717, 1.165) is 26.1 Å². The number of carbonyl (C=O) groups is 1. The van der Waals surface area contributed by atoms with Gasteiger partial charge >= 0.3 is 5.97 Å². The molecule has 0 N–H and O–H groups in total. The summed E-state index contributed by atoms with van der Waals surface area (Å²) in [6.07, 6.45) is 5.97. The monoisotopic (exact) mass is 283 g/mol. The van der Waals surface area contributed by atoms with Crippen molar-refractivity contribution in [2.24, 2.45) is 17.8 Å². The summed E-state index contributed by atoms with van der Waals surface area (Å²) in [5.41, 5.74) is 0. The molecule has 0 bridgehead atoms. The zero-order chi connectivity index (χ0) is 15.0. The first kappa shape index (κ1) is 17.5. The van der Waals surface area contributed by atoms with E-state index in [-0.39, 0.29) is 11.9 Å². The van der Waals surface area contributed by atoms with Crippen LogP contribution >= 0.6 is 0 Å². The highest BCUT2D eigenvalue weighted by atomic mass is 16.5. The Labute approximate surface area is 125 Å². The van der Waals surface area contributed by atoms with Crippen molar-refractivity contribution in [1.82, 2.24) is 4.90 Å². The zero-order valence-electron chi connectivity index (χ0n) is 13.9. The molecule has 0 aromatic carbocycles. The smallest absolute Gasteiger partial charge is 0.309 e. The highest BCUT2D eigenvalue weighted by Gasteiger charge is 2.32. The van der Waals surface area contributed by atoms with Crippen LogP contribution in [0.15, 0.2) is 0 Å². The standard InChI is InChI=1S/C17H33NO2/c1-5-18(6-2)11-12-20-17(19)16(13-14(3)4)15-9-7-8-10-15/h14-16H,5-13H2,1-4H3. The average Bonchev–Trinajstić information content (AvgIpc) is 2.94. The Hall–Kier alpha value is -0.570. The van der Waals surface area contributed by atoms with Crippen LogP contribution in [-0.2, 0) is 9.53 Å². The molecule has 0 heterocycles. The third-order valence-corrected chi connectivity index (χ3v) is 4.54. The van der Waals surface area contributed by atoms with Crippen LogP contribution in [-0.4, -0.2) is 37.1 Å². The van der Waals surface area contributed by atoms with Gasteiger partial charge in [0, 0.05) is 6.54 Å². The van der Waals surface area contributed by atoms with Gasteiger partial charge in [-0.1, -0.05) is 40.5 Å². The number of likely N-dealkylation sites (N-methyl/N-ethyl adjacent to an activating group) is 1. The minimum Gasteiger partial charge on any atom is -0.464 e. The van der Waals surface area contributed by atoms with Crippen molar-refractivity contribution < 1.29 is 9.53 Å². The van der Waals surface area contributed by atoms with E-state index in [1.165, 1.54) is 25.7 Å². The van der Waals surface area contributed by atoms with Gasteiger partial charge in [0.05, 0.1) is 5.92 Å². The van der Waals surface area contributed by atoms with Gasteiger partial charge in [0.25, 0.3) is 0 Å². The van der Waals surface area contributed by atoms with Crippen molar-refractivity contribution in [3.8, 4) is 0 Å². The van der Waals surface area contributed by atoms with Crippen LogP contribution in [0.4, 0.5) is 0 Å². The second kappa shape index (κ2) is 9.38. The van der Waals surface area contributed by atoms with Crippen LogP contribution in [0.25, 0.3) is 0 Å². The largest absolute Gasteiger partial charge is 0.464 e. The van der Waals surface area contributed by atoms with Crippen molar-refractivity contribution in [1.29, 1.82) is 0 Å². The highest BCUT2D eigenvalue weighted by molar-refractivity contribution is 5.72. The molecule has 0 aliphatic heterocycles. The van der Waals surface area contributed by atoms with E-state index in [9.17, 15) is 4.79 Å². The SMILES string of the molecule is CCN(CC)CCOC(=O)C(CC(C)C)C1CCCC1. The van der Waals surface area contributed by atoms with Crippen LogP contribution in [0.2, 0.25) is 0 Å². The van der Waals surface area contributed by atoms with Crippen molar-refractivity contribution in [2.45, 2.75) is 59.8 Å². The van der Waals surface area contributed by atoms with Crippen molar-refractivity contribution in [3.63, 3.8) is 0 Å². The maximum atomic E-state index is 12.4. The summed E-state index contributed by atoms with van der Waals surface area (Å²) in [5.74, 6) is 1.32. The molecular formula is C17H33NO2. The van der Waals surface area contributed by atoms with Crippen LogP contribution in [0.5, 0.6) is 0 Å². The minimum absolute atomic E-state index is 0.0535. The molecule has 0 aromatic rings. The van der Waals surface area contributed by atoms with Crippen LogP contribution in [0.3, 0.4) is 0 Å². The molecular weight excluding hydrogens is 250 g/mol. The summed E-state index contributed by atoms with van der Waals surface area (Å²) >= 11 is 0. The van der Waals surface area contributed by atoms with E-state index in [0.29, 0.717) is 18.4 Å². The van der Waals surface area contributed by atoms with Crippen molar-refractivity contribution >= 4 is 5.97 Å². The maximum Gasteiger partial charge on any atom is 0.309 e. The van der Waals surface area contributed by atoms with Crippen molar-refractivity contribution in [3.05, 3.63) is 0 Å². The van der Waals surface area contributed by atoms with Gasteiger partial charge in [-0.3, -0.25) is 4.79 Å². The second-order valence-electron chi connectivity index (χ2n) is 6.47. The molecule has 1 aliphatic rings. The van der Waals surface area contributed by atoms with E-state index in [2.05, 4.69) is 32.6 Å². The first-order chi connectivity index (χ1) is 9.58. The van der Waals surface area contributed by atoms with E-state index in [1.54, 1.807) is 0 Å². The molecule has 118 valence electrons. The topological polar surface area (TPSA) is 29.5 Å². The number of hydrogen-bond acceptors (Lipinski definition) is 3. The number of carbonyl (C=O) groups excluding carboxylic acids is 1. The van der Waals surface area contributed by atoms with E-state index in [4.69, 9.17) is 4.74 Å². The molecule has 1 rings (SSSR count). The normalized spacial score (nSPS) is 17.9. The third-order valence-electron chi connectivity index (χ3n) is 4.54. The fraction of sp³-hybridized carbons (Fsp3) is 0.941. The first-order valence-electron chi connectivity index (χ1n) is 8.47. The summed E-state index contributed by atoms with van der Waals surface area (Å²) in [7, 11) is 0. The molecule has 20 heavy (non-hydrogen) atoms. The molecule has 1 fully saturated rings. The molecule has 1 saturated carbocycles. The number of esters is 1. The molecule has 1 atom stereocenters. The Balaban J connectivity index is 2.42. The predicted octanol–water partition coefficient (Wildman–Crippen LogP) is 3.72. The molecule has 0 aromatic heterocycles. The number of ether oxygens (including phenoxy) is 1. The van der Waals surface area contributed by atoms with Gasteiger partial charge in [-0.25, -0.2) is 0 Å².